The summed E-state index contributed by atoms with van der Waals surface area (Å²) in [4.78, 5) is 0. The molecule has 0 bridgehead atoms. The lowest BCUT2D eigenvalue weighted by molar-refractivity contribution is 0.0846. The van der Waals surface area contributed by atoms with Crippen LogP contribution in [0, 0.1) is 12.7 Å². The summed E-state index contributed by atoms with van der Waals surface area (Å²) in [5, 5.41) is 13.1. The number of thioether (sulfide) groups is 1. The molecule has 1 rings (SSSR count). The van der Waals surface area contributed by atoms with E-state index in [0.717, 1.165) is 5.56 Å². The van der Waals surface area contributed by atoms with Crippen LogP contribution in [0.15, 0.2) is 18.2 Å². The van der Waals surface area contributed by atoms with Crippen molar-refractivity contribution in [2.75, 3.05) is 18.6 Å². The summed E-state index contributed by atoms with van der Waals surface area (Å²) in [5.74, 6) is 0.519. The molecule has 0 heterocycles. The minimum absolute atomic E-state index is 0.178. The smallest absolute Gasteiger partial charge is 0.126 e. The van der Waals surface area contributed by atoms with Crippen molar-refractivity contribution in [3.05, 3.63) is 35.1 Å². The number of aliphatic hydroxyl groups is 1. The molecular formula is C13H20FNOS. The molecule has 17 heavy (non-hydrogen) atoms. The number of halogens is 1. The van der Waals surface area contributed by atoms with Crippen molar-refractivity contribution < 1.29 is 9.50 Å². The van der Waals surface area contributed by atoms with Gasteiger partial charge in [0.1, 0.15) is 5.82 Å². The van der Waals surface area contributed by atoms with E-state index in [0.29, 0.717) is 24.4 Å². The lowest BCUT2D eigenvalue weighted by Gasteiger charge is -2.22. The Kier molecular flexibility index (Phi) is 5.43. The Hall–Kier alpha value is -0.580. The first-order valence-electron chi connectivity index (χ1n) is 5.62. The highest BCUT2D eigenvalue weighted by atomic mass is 32.2. The van der Waals surface area contributed by atoms with Crippen LogP contribution in [0.2, 0.25) is 0 Å². The lowest BCUT2D eigenvalue weighted by atomic mass is 10.1. The zero-order valence-electron chi connectivity index (χ0n) is 10.6. The highest BCUT2D eigenvalue weighted by molar-refractivity contribution is 7.98. The van der Waals surface area contributed by atoms with Gasteiger partial charge in [0.05, 0.1) is 5.60 Å². The number of nitrogens with one attached hydrogen (secondary N) is 1. The van der Waals surface area contributed by atoms with E-state index in [9.17, 15) is 9.50 Å². The Balaban J connectivity index is 2.43. The third kappa shape index (κ3) is 5.06. The molecular weight excluding hydrogens is 237 g/mol. The minimum Gasteiger partial charge on any atom is -0.388 e. The summed E-state index contributed by atoms with van der Waals surface area (Å²) >= 11 is 1.62. The standard InChI is InChI=1S/C13H20FNOS/c1-10-6-11(4-5-12(10)14)7-15-8-13(2,16)9-17-3/h4-6,15-16H,7-9H2,1-3H3. The monoisotopic (exact) mass is 257 g/mol. The number of hydrogen-bond acceptors (Lipinski definition) is 3. The van der Waals surface area contributed by atoms with Crippen LogP contribution in [0.5, 0.6) is 0 Å². The molecule has 0 aromatic heterocycles. The fourth-order valence-electron chi connectivity index (χ4n) is 1.65. The van der Waals surface area contributed by atoms with Crippen LogP contribution < -0.4 is 5.32 Å². The van der Waals surface area contributed by atoms with Crippen LogP contribution in [-0.2, 0) is 6.54 Å². The molecule has 0 radical (unpaired) electrons. The summed E-state index contributed by atoms with van der Waals surface area (Å²) in [6.45, 7) is 4.74. The zero-order chi connectivity index (χ0) is 12.9. The Morgan fingerprint density at radius 3 is 2.76 bits per heavy atom. The van der Waals surface area contributed by atoms with Crippen LogP contribution in [0.3, 0.4) is 0 Å². The minimum atomic E-state index is -0.700. The summed E-state index contributed by atoms with van der Waals surface area (Å²) in [7, 11) is 0. The van der Waals surface area contributed by atoms with Gasteiger partial charge in [0, 0.05) is 18.8 Å². The van der Waals surface area contributed by atoms with E-state index in [1.807, 2.05) is 19.2 Å². The molecule has 1 aromatic carbocycles. The predicted octanol–water partition coefficient (Wildman–Crippen LogP) is 2.34. The maximum atomic E-state index is 13.0. The van der Waals surface area contributed by atoms with Crippen LogP contribution >= 0.6 is 11.8 Å². The molecule has 0 saturated heterocycles. The van der Waals surface area contributed by atoms with Crippen LogP contribution in [0.25, 0.3) is 0 Å². The Morgan fingerprint density at radius 2 is 2.18 bits per heavy atom. The second kappa shape index (κ2) is 6.38. The SMILES string of the molecule is CSCC(C)(O)CNCc1ccc(F)c(C)c1. The molecule has 2 nitrogen and oxygen atoms in total. The molecule has 1 atom stereocenters. The topological polar surface area (TPSA) is 32.3 Å². The summed E-state index contributed by atoms with van der Waals surface area (Å²) in [5.41, 5.74) is 0.984. The van der Waals surface area contributed by atoms with Crippen molar-refractivity contribution in [2.24, 2.45) is 0 Å². The van der Waals surface area contributed by atoms with Crippen LogP contribution in [0.1, 0.15) is 18.1 Å². The highest BCUT2D eigenvalue weighted by Crippen LogP contribution is 2.11. The molecule has 0 saturated carbocycles. The molecule has 0 spiro atoms. The van der Waals surface area contributed by atoms with Gasteiger partial charge in [-0.25, -0.2) is 4.39 Å². The number of aryl methyl sites for hydroxylation is 1. The molecule has 0 aliphatic carbocycles. The molecule has 0 aliphatic rings. The fourth-order valence-corrected chi connectivity index (χ4v) is 2.38. The summed E-state index contributed by atoms with van der Waals surface area (Å²) < 4.78 is 13.0. The summed E-state index contributed by atoms with van der Waals surface area (Å²) in [6, 6.07) is 5.07. The third-order valence-electron chi connectivity index (χ3n) is 2.51. The van der Waals surface area contributed by atoms with Crippen molar-refractivity contribution in [2.45, 2.75) is 26.0 Å². The predicted molar refractivity (Wildman–Crippen MR) is 71.8 cm³/mol. The average Bonchev–Trinajstić information content (AvgIpc) is 2.23. The van der Waals surface area contributed by atoms with E-state index in [2.05, 4.69) is 5.32 Å². The highest BCUT2D eigenvalue weighted by Gasteiger charge is 2.18. The van der Waals surface area contributed by atoms with E-state index < -0.39 is 5.60 Å². The number of benzene rings is 1. The third-order valence-corrected chi connectivity index (χ3v) is 3.42. The van der Waals surface area contributed by atoms with Gasteiger partial charge in [0.2, 0.25) is 0 Å². The Bertz CT molecular complexity index is 368. The molecule has 1 aromatic rings. The zero-order valence-corrected chi connectivity index (χ0v) is 11.4. The first-order chi connectivity index (χ1) is 7.94. The van der Waals surface area contributed by atoms with Crippen LogP contribution in [-0.4, -0.2) is 29.3 Å². The van der Waals surface area contributed by atoms with E-state index in [-0.39, 0.29) is 5.82 Å². The van der Waals surface area contributed by atoms with Gasteiger partial charge in [-0.2, -0.15) is 11.8 Å². The van der Waals surface area contributed by atoms with Crippen molar-refractivity contribution in [3.63, 3.8) is 0 Å². The van der Waals surface area contributed by atoms with Crippen LogP contribution in [0.4, 0.5) is 4.39 Å². The largest absolute Gasteiger partial charge is 0.388 e. The molecule has 96 valence electrons. The normalized spacial score (nSPS) is 14.6. The maximum absolute atomic E-state index is 13.0. The second-order valence-electron chi connectivity index (χ2n) is 4.62. The van der Waals surface area contributed by atoms with Gasteiger partial charge in [-0.05, 0) is 37.3 Å². The van der Waals surface area contributed by atoms with E-state index in [1.54, 1.807) is 24.8 Å². The van der Waals surface area contributed by atoms with Gasteiger partial charge in [-0.1, -0.05) is 12.1 Å². The summed E-state index contributed by atoms with van der Waals surface area (Å²) in [6.07, 6.45) is 1.97. The molecule has 0 amide bonds. The average molecular weight is 257 g/mol. The van der Waals surface area contributed by atoms with Crippen molar-refractivity contribution in [3.8, 4) is 0 Å². The number of rotatable bonds is 6. The molecule has 1 unspecified atom stereocenters. The van der Waals surface area contributed by atoms with Gasteiger partial charge < -0.3 is 10.4 Å². The Morgan fingerprint density at radius 1 is 1.47 bits per heavy atom. The lowest BCUT2D eigenvalue weighted by Crippen LogP contribution is -2.39. The second-order valence-corrected chi connectivity index (χ2v) is 5.48. The van der Waals surface area contributed by atoms with E-state index in [1.165, 1.54) is 6.07 Å². The molecule has 0 aliphatic heterocycles. The van der Waals surface area contributed by atoms with Gasteiger partial charge >= 0.3 is 0 Å². The molecule has 0 fully saturated rings. The van der Waals surface area contributed by atoms with Crippen molar-refractivity contribution in [1.29, 1.82) is 0 Å². The first-order valence-corrected chi connectivity index (χ1v) is 7.01. The van der Waals surface area contributed by atoms with E-state index in [4.69, 9.17) is 0 Å². The fraction of sp³-hybridized carbons (Fsp3) is 0.538. The molecule has 4 heteroatoms. The van der Waals surface area contributed by atoms with Gasteiger partial charge in [0.25, 0.3) is 0 Å². The van der Waals surface area contributed by atoms with Gasteiger partial charge in [0.15, 0.2) is 0 Å². The van der Waals surface area contributed by atoms with Crippen molar-refractivity contribution >= 4 is 11.8 Å². The Labute approximate surface area is 107 Å². The van der Waals surface area contributed by atoms with Gasteiger partial charge in [-0.3, -0.25) is 0 Å². The van der Waals surface area contributed by atoms with Crippen molar-refractivity contribution in [1.82, 2.24) is 5.32 Å². The number of hydrogen-bond donors (Lipinski definition) is 2. The van der Waals surface area contributed by atoms with E-state index >= 15 is 0 Å². The quantitative estimate of drug-likeness (QED) is 0.820. The maximum Gasteiger partial charge on any atom is 0.126 e. The molecule has 2 N–H and O–H groups in total. The first kappa shape index (κ1) is 14.5. The van der Waals surface area contributed by atoms with Gasteiger partial charge in [-0.15, -0.1) is 0 Å².